The van der Waals surface area contributed by atoms with E-state index in [1.54, 1.807) is 66.9 Å². The summed E-state index contributed by atoms with van der Waals surface area (Å²) in [4.78, 5) is 0. The molecule has 0 radical (unpaired) electrons. The molecule has 0 aliphatic heterocycles. The van der Waals surface area contributed by atoms with Gasteiger partial charge in [-0.3, -0.25) is 0 Å². The van der Waals surface area contributed by atoms with Crippen molar-refractivity contribution in [1.29, 1.82) is 0 Å². The van der Waals surface area contributed by atoms with Crippen molar-refractivity contribution in [3.63, 3.8) is 0 Å². The summed E-state index contributed by atoms with van der Waals surface area (Å²) in [5, 5.41) is 0. The van der Waals surface area contributed by atoms with E-state index in [0.717, 1.165) is 0 Å². The number of benzene rings is 2. The average molecular weight is 314 g/mol. The summed E-state index contributed by atoms with van der Waals surface area (Å²) >= 11 is 0. The van der Waals surface area contributed by atoms with Crippen LogP contribution in [0.5, 0.6) is 11.5 Å². The predicted octanol–water partition coefficient (Wildman–Crippen LogP) is 4.18. The van der Waals surface area contributed by atoms with Crippen LogP contribution in [-0.4, -0.2) is 4.34 Å². The maximum Gasteiger partial charge on any atom is 0.549 e. The van der Waals surface area contributed by atoms with Crippen molar-refractivity contribution in [1.82, 2.24) is 4.34 Å². The van der Waals surface area contributed by atoms with Gasteiger partial charge >= 0.3 is 7.75 Å². The highest BCUT2D eigenvalue weighted by Gasteiger charge is 2.32. The molecule has 112 valence electrons. The summed E-state index contributed by atoms with van der Waals surface area (Å²) in [7, 11) is -3.71. The SMILES string of the molecule is Nc1cccn1P(=O)(Oc1ccccc1)Oc1ccccc1. The van der Waals surface area contributed by atoms with Crippen molar-refractivity contribution in [2.75, 3.05) is 5.73 Å². The lowest BCUT2D eigenvalue weighted by Crippen LogP contribution is -2.11. The van der Waals surface area contributed by atoms with Crippen LogP contribution in [0.15, 0.2) is 79.0 Å². The van der Waals surface area contributed by atoms with Gasteiger partial charge in [0.05, 0.1) is 0 Å². The van der Waals surface area contributed by atoms with Gasteiger partial charge in [-0.15, -0.1) is 0 Å². The van der Waals surface area contributed by atoms with Gasteiger partial charge in [0.2, 0.25) is 0 Å². The maximum atomic E-state index is 13.3. The molecule has 0 saturated carbocycles. The van der Waals surface area contributed by atoms with Crippen LogP contribution >= 0.6 is 7.75 Å². The first-order valence-electron chi connectivity index (χ1n) is 6.70. The van der Waals surface area contributed by atoms with Crippen molar-refractivity contribution in [2.24, 2.45) is 0 Å². The van der Waals surface area contributed by atoms with Gasteiger partial charge in [-0.05, 0) is 36.4 Å². The minimum atomic E-state index is -3.71. The van der Waals surface area contributed by atoms with Crippen LogP contribution in [0.2, 0.25) is 0 Å². The number of nitrogens with zero attached hydrogens (tertiary/aromatic N) is 1. The van der Waals surface area contributed by atoms with Crippen LogP contribution in [0.3, 0.4) is 0 Å². The van der Waals surface area contributed by atoms with Gasteiger partial charge in [0.1, 0.15) is 17.3 Å². The number of anilines is 1. The Balaban J connectivity index is 1.99. The van der Waals surface area contributed by atoms with E-state index in [-0.39, 0.29) is 0 Å². The van der Waals surface area contributed by atoms with Crippen molar-refractivity contribution < 1.29 is 13.6 Å². The second-order valence-corrected chi connectivity index (χ2v) is 6.29. The molecule has 0 aliphatic rings. The minimum absolute atomic E-state index is 0.301. The Kier molecular flexibility index (Phi) is 3.90. The fourth-order valence-corrected chi connectivity index (χ4v) is 3.52. The molecule has 0 unspecified atom stereocenters. The lowest BCUT2D eigenvalue weighted by molar-refractivity contribution is 0.376. The highest BCUT2D eigenvalue weighted by molar-refractivity contribution is 7.53. The Hall–Kier alpha value is -2.65. The Morgan fingerprint density at radius 3 is 1.68 bits per heavy atom. The van der Waals surface area contributed by atoms with Gasteiger partial charge < -0.3 is 14.8 Å². The van der Waals surface area contributed by atoms with E-state index < -0.39 is 7.75 Å². The molecule has 1 aromatic heterocycles. The summed E-state index contributed by atoms with van der Waals surface area (Å²) in [6, 6.07) is 21.0. The first-order valence-corrected chi connectivity index (χ1v) is 8.20. The third-order valence-electron chi connectivity index (χ3n) is 2.95. The molecule has 2 N–H and O–H groups in total. The van der Waals surface area contributed by atoms with E-state index >= 15 is 0 Å². The van der Waals surface area contributed by atoms with E-state index in [1.807, 2.05) is 12.1 Å². The zero-order valence-corrected chi connectivity index (χ0v) is 12.6. The second kappa shape index (κ2) is 6.00. The van der Waals surface area contributed by atoms with E-state index in [2.05, 4.69) is 0 Å². The van der Waals surface area contributed by atoms with Gasteiger partial charge in [-0.25, -0.2) is 8.90 Å². The Morgan fingerprint density at radius 2 is 1.27 bits per heavy atom. The molecule has 22 heavy (non-hydrogen) atoms. The Morgan fingerprint density at radius 1 is 0.773 bits per heavy atom. The lowest BCUT2D eigenvalue weighted by Gasteiger charge is -2.21. The number of nitrogens with two attached hydrogens (primary N) is 1. The standard InChI is InChI=1S/C16H15N2O3P/c17-16-12-7-13-18(16)22(19,20-14-8-3-1-4-9-14)21-15-10-5-2-6-11-15/h1-13H,17H2. The summed E-state index contributed by atoms with van der Waals surface area (Å²) in [5.41, 5.74) is 5.86. The van der Waals surface area contributed by atoms with Crippen LogP contribution in [-0.2, 0) is 4.57 Å². The summed E-state index contributed by atoms with van der Waals surface area (Å²) < 4.78 is 25.9. The zero-order chi connectivity index (χ0) is 15.4. The Bertz CT molecular complexity index is 742. The van der Waals surface area contributed by atoms with Crippen LogP contribution in [0.4, 0.5) is 5.82 Å². The molecular weight excluding hydrogens is 299 g/mol. The molecule has 0 atom stereocenters. The summed E-state index contributed by atoms with van der Waals surface area (Å²) in [6.07, 6.45) is 1.57. The maximum absolute atomic E-state index is 13.3. The van der Waals surface area contributed by atoms with Crippen LogP contribution in [0.25, 0.3) is 0 Å². The van der Waals surface area contributed by atoms with Crippen LogP contribution in [0.1, 0.15) is 0 Å². The third-order valence-corrected chi connectivity index (χ3v) is 4.73. The number of aromatic nitrogens is 1. The normalized spacial score (nSPS) is 11.1. The van der Waals surface area contributed by atoms with Crippen LogP contribution < -0.4 is 14.8 Å². The molecule has 0 spiro atoms. The monoisotopic (exact) mass is 314 g/mol. The number of nitrogen functional groups attached to an aromatic ring is 1. The summed E-state index contributed by atoms with van der Waals surface area (Å²) in [5.74, 6) is 1.18. The minimum Gasteiger partial charge on any atom is -0.400 e. The first kappa shape index (κ1) is 14.3. The van der Waals surface area contributed by atoms with Crippen LogP contribution in [0, 0.1) is 0 Å². The topological polar surface area (TPSA) is 66.5 Å². The average Bonchev–Trinajstić information content (AvgIpc) is 2.96. The van der Waals surface area contributed by atoms with Gasteiger partial charge in [-0.1, -0.05) is 36.4 Å². The number of hydrogen-bond donors (Lipinski definition) is 1. The molecule has 0 amide bonds. The predicted molar refractivity (Wildman–Crippen MR) is 86.0 cm³/mol. The zero-order valence-electron chi connectivity index (χ0n) is 11.7. The molecule has 6 heteroatoms. The van der Waals surface area contributed by atoms with Crippen molar-refractivity contribution in [2.45, 2.75) is 0 Å². The molecule has 3 aromatic rings. The van der Waals surface area contributed by atoms with Gasteiger partial charge in [0, 0.05) is 6.20 Å². The van der Waals surface area contributed by atoms with Gasteiger partial charge in [0.25, 0.3) is 0 Å². The smallest absolute Gasteiger partial charge is 0.400 e. The van der Waals surface area contributed by atoms with Crippen molar-refractivity contribution >= 4 is 13.6 Å². The van der Waals surface area contributed by atoms with Crippen molar-refractivity contribution in [3.8, 4) is 11.5 Å². The van der Waals surface area contributed by atoms with E-state index in [9.17, 15) is 4.57 Å². The molecule has 3 rings (SSSR count). The highest BCUT2D eigenvalue weighted by atomic mass is 31.2. The third kappa shape index (κ3) is 3.00. The quantitative estimate of drug-likeness (QED) is 0.717. The molecule has 0 saturated heterocycles. The van der Waals surface area contributed by atoms with Gasteiger partial charge in [0.15, 0.2) is 0 Å². The van der Waals surface area contributed by atoms with E-state index in [0.29, 0.717) is 17.3 Å². The van der Waals surface area contributed by atoms with E-state index in [4.69, 9.17) is 14.8 Å². The molecule has 2 aromatic carbocycles. The molecule has 0 fully saturated rings. The fourth-order valence-electron chi connectivity index (χ4n) is 1.94. The Labute approximate surface area is 128 Å². The lowest BCUT2D eigenvalue weighted by atomic mass is 10.3. The molecular formula is C16H15N2O3P. The largest absolute Gasteiger partial charge is 0.549 e. The summed E-state index contributed by atoms with van der Waals surface area (Å²) in [6.45, 7) is 0. The highest BCUT2D eigenvalue weighted by Crippen LogP contribution is 2.51. The first-order chi connectivity index (χ1) is 10.7. The fraction of sp³-hybridized carbons (Fsp3) is 0. The second-order valence-electron chi connectivity index (χ2n) is 4.55. The molecule has 0 bridgehead atoms. The van der Waals surface area contributed by atoms with E-state index in [1.165, 1.54) is 4.34 Å². The molecule has 5 nitrogen and oxygen atoms in total. The number of rotatable bonds is 5. The molecule has 0 aliphatic carbocycles. The number of para-hydroxylation sites is 2. The molecule has 1 heterocycles. The van der Waals surface area contributed by atoms with Gasteiger partial charge in [-0.2, -0.15) is 0 Å². The number of hydrogen-bond acceptors (Lipinski definition) is 4. The van der Waals surface area contributed by atoms with Crippen molar-refractivity contribution in [3.05, 3.63) is 79.0 Å².